The van der Waals surface area contributed by atoms with E-state index >= 15 is 0 Å². The molecule has 1 saturated heterocycles. The molecule has 0 amide bonds. The molecule has 7 nitrogen and oxygen atoms in total. The van der Waals surface area contributed by atoms with E-state index in [1.54, 1.807) is 7.05 Å². The maximum Gasteiger partial charge on any atom is 0.191 e. The highest BCUT2D eigenvalue weighted by atomic mass is 16.5. The van der Waals surface area contributed by atoms with E-state index in [0.29, 0.717) is 26.4 Å². The van der Waals surface area contributed by atoms with Crippen molar-refractivity contribution in [2.24, 2.45) is 4.99 Å². The Hall–Kier alpha value is -1.67. The summed E-state index contributed by atoms with van der Waals surface area (Å²) in [5.41, 5.74) is 2.35. The molecule has 0 aliphatic carbocycles. The van der Waals surface area contributed by atoms with Gasteiger partial charge in [0.05, 0.1) is 32.5 Å². The van der Waals surface area contributed by atoms with Gasteiger partial charge in [-0.1, -0.05) is 24.3 Å². The van der Waals surface area contributed by atoms with Crippen LogP contribution in [0.5, 0.6) is 0 Å². The van der Waals surface area contributed by atoms with E-state index in [4.69, 9.17) is 18.9 Å². The average Bonchev–Trinajstić information content (AvgIpc) is 3.24. The minimum Gasteiger partial charge on any atom is -0.379 e. The van der Waals surface area contributed by atoms with Gasteiger partial charge in [-0.25, -0.2) is 0 Å². The van der Waals surface area contributed by atoms with Crippen LogP contribution in [0.15, 0.2) is 29.3 Å². The quantitative estimate of drug-likeness (QED) is 0.304. The fourth-order valence-corrected chi connectivity index (χ4v) is 2.86. The first-order valence-electron chi connectivity index (χ1n) is 10.2. The van der Waals surface area contributed by atoms with Gasteiger partial charge in [0.25, 0.3) is 0 Å². The van der Waals surface area contributed by atoms with Crippen LogP contribution >= 0.6 is 0 Å². The van der Waals surface area contributed by atoms with Crippen LogP contribution in [0.3, 0.4) is 0 Å². The highest BCUT2D eigenvalue weighted by molar-refractivity contribution is 5.79. The first-order valence-corrected chi connectivity index (χ1v) is 10.2. The second-order valence-electron chi connectivity index (χ2n) is 6.63. The van der Waals surface area contributed by atoms with Gasteiger partial charge in [0.2, 0.25) is 0 Å². The average molecular weight is 394 g/mol. The number of rotatable bonds is 13. The van der Waals surface area contributed by atoms with Crippen LogP contribution in [0.25, 0.3) is 0 Å². The van der Waals surface area contributed by atoms with E-state index in [2.05, 4.69) is 39.9 Å². The van der Waals surface area contributed by atoms with Crippen molar-refractivity contribution >= 4 is 5.96 Å². The van der Waals surface area contributed by atoms with Gasteiger partial charge in [0.1, 0.15) is 0 Å². The normalized spacial score (nSPS) is 17.1. The largest absolute Gasteiger partial charge is 0.379 e. The van der Waals surface area contributed by atoms with E-state index in [0.717, 1.165) is 57.3 Å². The number of benzene rings is 1. The Morgan fingerprint density at radius 2 is 2.04 bits per heavy atom. The molecule has 0 bridgehead atoms. The van der Waals surface area contributed by atoms with Crippen LogP contribution in [0.4, 0.5) is 0 Å². The fourth-order valence-electron chi connectivity index (χ4n) is 2.86. The molecule has 158 valence electrons. The second-order valence-corrected chi connectivity index (χ2v) is 6.63. The summed E-state index contributed by atoms with van der Waals surface area (Å²) in [6.45, 7) is 8.38. The molecule has 1 atom stereocenters. The van der Waals surface area contributed by atoms with Gasteiger partial charge in [-0.2, -0.15) is 0 Å². The summed E-state index contributed by atoms with van der Waals surface area (Å²) in [6, 6.07) is 8.38. The minimum atomic E-state index is 0.271. The van der Waals surface area contributed by atoms with Gasteiger partial charge in [-0.3, -0.25) is 4.99 Å². The SMILES string of the molecule is CCOCCOCc1cccc(CNC(=NC)NCCCOC2CCOC2)c1. The Labute approximate surface area is 168 Å². The van der Waals surface area contributed by atoms with Gasteiger partial charge < -0.3 is 29.6 Å². The molecular formula is C21H35N3O4. The molecule has 1 unspecified atom stereocenters. The van der Waals surface area contributed by atoms with Crippen molar-refractivity contribution in [1.29, 1.82) is 0 Å². The van der Waals surface area contributed by atoms with E-state index in [-0.39, 0.29) is 6.10 Å². The molecule has 0 radical (unpaired) electrons. The van der Waals surface area contributed by atoms with Crippen molar-refractivity contribution in [1.82, 2.24) is 10.6 Å². The lowest BCUT2D eigenvalue weighted by atomic mass is 10.1. The zero-order valence-electron chi connectivity index (χ0n) is 17.2. The fraction of sp³-hybridized carbons (Fsp3) is 0.667. The smallest absolute Gasteiger partial charge is 0.191 e. The third-order valence-corrected chi connectivity index (χ3v) is 4.37. The monoisotopic (exact) mass is 393 g/mol. The topological polar surface area (TPSA) is 73.3 Å². The van der Waals surface area contributed by atoms with Crippen LogP contribution in [-0.4, -0.2) is 65.3 Å². The molecule has 1 aromatic rings. The summed E-state index contributed by atoms with van der Waals surface area (Å²) in [6.07, 6.45) is 2.21. The number of hydrogen-bond donors (Lipinski definition) is 2. The van der Waals surface area contributed by atoms with Crippen molar-refractivity contribution in [3.8, 4) is 0 Å². The lowest BCUT2D eigenvalue weighted by Crippen LogP contribution is -2.37. The minimum absolute atomic E-state index is 0.271. The molecule has 2 rings (SSSR count). The number of nitrogens with one attached hydrogen (secondary N) is 2. The third-order valence-electron chi connectivity index (χ3n) is 4.37. The number of guanidine groups is 1. The van der Waals surface area contributed by atoms with E-state index < -0.39 is 0 Å². The number of nitrogens with zero attached hydrogens (tertiary/aromatic N) is 1. The Balaban J connectivity index is 1.60. The standard InChI is InChI=1S/C21H35N3O4/c1-3-25-12-13-27-16-19-7-4-6-18(14-19)15-24-21(22-2)23-9-5-10-28-20-8-11-26-17-20/h4,6-7,14,20H,3,5,8-13,15-17H2,1-2H3,(H2,22,23,24). The van der Waals surface area contributed by atoms with Gasteiger partial charge >= 0.3 is 0 Å². The molecular weight excluding hydrogens is 358 g/mol. The molecule has 0 spiro atoms. The Kier molecular flexibility index (Phi) is 11.6. The summed E-state index contributed by atoms with van der Waals surface area (Å²) in [7, 11) is 1.78. The lowest BCUT2D eigenvalue weighted by molar-refractivity contribution is 0.0420. The third kappa shape index (κ3) is 9.50. The van der Waals surface area contributed by atoms with Crippen LogP contribution < -0.4 is 10.6 Å². The molecule has 28 heavy (non-hydrogen) atoms. The molecule has 7 heteroatoms. The van der Waals surface area contributed by atoms with E-state index in [1.165, 1.54) is 5.56 Å². The van der Waals surface area contributed by atoms with Crippen molar-refractivity contribution < 1.29 is 18.9 Å². The van der Waals surface area contributed by atoms with Crippen molar-refractivity contribution in [2.75, 3.05) is 53.2 Å². The van der Waals surface area contributed by atoms with Crippen molar-refractivity contribution in [2.45, 2.75) is 39.0 Å². The van der Waals surface area contributed by atoms with Gasteiger partial charge in [0.15, 0.2) is 5.96 Å². The number of ether oxygens (including phenoxy) is 4. The zero-order chi connectivity index (χ0) is 19.9. The summed E-state index contributed by atoms with van der Waals surface area (Å²) >= 11 is 0. The Morgan fingerprint density at radius 1 is 1.18 bits per heavy atom. The van der Waals surface area contributed by atoms with Crippen LogP contribution in [0.1, 0.15) is 30.9 Å². The predicted molar refractivity (Wildman–Crippen MR) is 111 cm³/mol. The maximum atomic E-state index is 5.77. The van der Waals surface area contributed by atoms with Crippen LogP contribution in [-0.2, 0) is 32.1 Å². The highest BCUT2D eigenvalue weighted by Crippen LogP contribution is 2.08. The number of aliphatic imine (C=N–C) groups is 1. The maximum absolute atomic E-state index is 5.77. The summed E-state index contributed by atoms with van der Waals surface area (Å²) < 4.78 is 22.0. The van der Waals surface area contributed by atoms with Crippen LogP contribution in [0, 0.1) is 0 Å². The van der Waals surface area contributed by atoms with Gasteiger partial charge in [-0.15, -0.1) is 0 Å². The zero-order valence-corrected chi connectivity index (χ0v) is 17.2. The van der Waals surface area contributed by atoms with Gasteiger partial charge in [-0.05, 0) is 30.9 Å². The molecule has 0 saturated carbocycles. The summed E-state index contributed by atoms with van der Waals surface area (Å²) in [5.74, 6) is 0.794. The molecule has 1 heterocycles. The molecule has 0 aromatic heterocycles. The number of hydrogen-bond acceptors (Lipinski definition) is 5. The summed E-state index contributed by atoms with van der Waals surface area (Å²) in [5, 5.41) is 6.67. The predicted octanol–water partition coefficient (Wildman–Crippen LogP) is 2.10. The molecule has 2 N–H and O–H groups in total. The summed E-state index contributed by atoms with van der Waals surface area (Å²) in [4.78, 5) is 4.27. The van der Waals surface area contributed by atoms with E-state index in [1.807, 2.05) is 6.92 Å². The van der Waals surface area contributed by atoms with Crippen LogP contribution in [0.2, 0.25) is 0 Å². The molecule has 1 aliphatic rings. The van der Waals surface area contributed by atoms with Crippen molar-refractivity contribution in [3.63, 3.8) is 0 Å². The van der Waals surface area contributed by atoms with Gasteiger partial charge in [0, 0.05) is 40.0 Å². The second kappa shape index (κ2) is 14.3. The van der Waals surface area contributed by atoms with E-state index in [9.17, 15) is 0 Å². The molecule has 1 fully saturated rings. The Bertz CT molecular complexity index is 562. The molecule has 1 aliphatic heterocycles. The first kappa shape index (κ1) is 22.6. The Morgan fingerprint density at radius 3 is 2.82 bits per heavy atom. The highest BCUT2D eigenvalue weighted by Gasteiger charge is 2.15. The molecule has 1 aromatic carbocycles. The van der Waals surface area contributed by atoms with Crippen molar-refractivity contribution in [3.05, 3.63) is 35.4 Å². The first-order chi connectivity index (χ1) is 13.8. The lowest BCUT2D eigenvalue weighted by Gasteiger charge is -2.13.